The van der Waals surface area contributed by atoms with E-state index in [0.717, 1.165) is 0 Å². The highest BCUT2D eigenvalue weighted by Crippen LogP contribution is 2.21. The maximum absolute atomic E-state index is 13.0. The molecule has 5 nitrogen and oxygen atoms in total. The van der Waals surface area contributed by atoms with Gasteiger partial charge in [0.25, 0.3) is 0 Å². The molecule has 0 saturated heterocycles. The van der Waals surface area contributed by atoms with Crippen LogP contribution in [0, 0.1) is 5.82 Å². The summed E-state index contributed by atoms with van der Waals surface area (Å²) in [5, 5.41) is 7.77. The first-order valence-electron chi connectivity index (χ1n) is 5.62. The second kappa shape index (κ2) is 5.92. The van der Waals surface area contributed by atoms with Crippen LogP contribution in [0.3, 0.4) is 0 Å². The van der Waals surface area contributed by atoms with E-state index >= 15 is 0 Å². The van der Waals surface area contributed by atoms with E-state index in [0.29, 0.717) is 22.5 Å². The molecule has 0 atom stereocenters. The lowest BCUT2D eigenvalue weighted by Gasteiger charge is -2.02. The lowest BCUT2D eigenvalue weighted by atomic mass is 10.3. The minimum Gasteiger partial charge on any atom is -0.466 e. The van der Waals surface area contributed by atoms with Gasteiger partial charge in [-0.25, -0.2) is 9.07 Å². The number of carbonyl (C=O) groups is 1. The lowest BCUT2D eigenvalue weighted by Crippen LogP contribution is -2.07. The van der Waals surface area contributed by atoms with Gasteiger partial charge in [0, 0.05) is 4.47 Å². The van der Waals surface area contributed by atoms with Crippen molar-refractivity contribution in [1.82, 2.24) is 15.0 Å². The van der Waals surface area contributed by atoms with Crippen LogP contribution in [0.1, 0.15) is 12.6 Å². The van der Waals surface area contributed by atoms with E-state index in [1.807, 2.05) is 0 Å². The molecule has 0 unspecified atom stereocenters. The summed E-state index contributed by atoms with van der Waals surface area (Å²) in [5.41, 5.74) is 1.14. The molecule has 0 aliphatic rings. The topological polar surface area (TPSA) is 57.0 Å². The Morgan fingerprint density at radius 3 is 3.00 bits per heavy atom. The molecule has 7 heteroatoms. The third kappa shape index (κ3) is 3.37. The predicted octanol–water partition coefficient (Wildman–Crippen LogP) is 2.27. The van der Waals surface area contributed by atoms with Crippen LogP contribution >= 0.6 is 15.9 Å². The summed E-state index contributed by atoms with van der Waals surface area (Å²) in [6, 6.07) is 4.23. The van der Waals surface area contributed by atoms with Gasteiger partial charge in [-0.15, -0.1) is 5.10 Å². The minimum absolute atomic E-state index is 0.0622. The quantitative estimate of drug-likeness (QED) is 0.808. The normalized spacial score (nSPS) is 10.5. The van der Waals surface area contributed by atoms with E-state index in [2.05, 4.69) is 26.2 Å². The summed E-state index contributed by atoms with van der Waals surface area (Å²) in [4.78, 5) is 11.3. The molecular formula is C12H11BrFN3O2. The fourth-order valence-electron chi connectivity index (χ4n) is 1.52. The van der Waals surface area contributed by atoms with E-state index in [1.54, 1.807) is 19.2 Å². The zero-order valence-electron chi connectivity index (χ0n) is 10.1. The van der Waals surface area contributed by atoms with Crippen LogP contribution in [-0.2, 0) is 16.0 Å². The summed E-state index contributed by atoms with van der Waals surface area (Å²) in [6.07, 6.45) is 1.67. The van der Waals surface area contributed by atoms with Gasteiger partial charge in [0.1, 0.15) is 5.82 Å². The molecule has 2 aromatic rings. The van der Waals surface area contributed by atoms with E-state index in [4.69, 9.17) is 4.74 Å². The standard InChI is InChI=1S/C12H11BrFN3O2/c1-2-19-12(18)6-9-7-17(16-15-9)11-4-3-8(14)5-10(11)13/h3-5,7H,2,6H2,1H3. The first-order chi connectivity index (χ1) is 9.10. The van der Waals surface area contributed by atoms with Gasteiger partial charge < -0.3 is 4.74 Å². The smallest absolute Gasteiger partial charge is 0.311 e. The lowest BCUT2D eigenvalue weighted by molar-refractivity contribution is -0.142. The van der Waals surface area contributed by atoms with Gasteiger partial charge in [0.05, 0.1) is 30.6 Å². The highest BCUT2D eigenvalue weighted by atomic mass is 79.9. The van der Waals surface area contributed by atoms with Crippen molar-refractivity contribution >= 4 is 21.9 Å². The molecule has 1 aromatic carbocycles. The van der Waals surface area contributed by atoms with Crippen LogP contribution in [0.5, 0.6) is 0 Å². The molecule has 100 valence electrons. The molecule has 0 aliphatic carbocycles. The Kier molecular flexibility index (Phi) is 4.26. The molecular weight excluding hydrogens is 317 g/mol. The maximum Gasteiger partial charge on any atom is 0.311 e. The van der Waals surface area contributed by atoms with Gasteiger partial charge in [-0.05, 0) is 41.1 Å². The molecule has 1 heterocycles. The molecule has 0 amide bonds. The number of rotatable bonds is 4. The first-order valence-corrected chi connectivity index (χ1v) is 6.41. The summed E-state index contributed by atoms with van der Waals surface area (Å²) in [7, 11) is 0. The Morgan fingerprint density at radius 2 is 2.32 bits per heavy atom. The van der Waals surface area contributed by atoms with Gasteiger partial charge in [-0.1, -0.05) is 5.21 Å². The molecule has 0 radical (unpaired) electrons. The summed E-state index contributed by atoms with van der Waals surface area (Å²) < 4.78 is 19.8. The highest BCUT2D eigenvalue weighted by Gasteiger charge is 2.10. The number of halogens is 2. The average molecular weight is 328 g/mol. The third-order valence-corrected chi connectivity index (χ3v) is 2.96. The van der Waals surface area contributed by atoms with Crippen molar-refractivity contribution in [2.45, 2.75) is 13.3 Å². The molecule has 0 fully saturated rings. The van der Waals surface area contributed by atoms with Crippen LogP contribution in [-0.4, -0.2) is 27.6 Å². The third-order valence-electron chi connectivity index (χ3n) is 2.33. The first kappa shape index (κ1) is 13.7. The molecule has 1 aromatic heterocycles. The Labute approximate surface area is 117 Å². The van der Waals surface area contributed by atoms with Crippen LogP contribution in [0.25, 0.3) is 5.69 Å². The van der Waals surface area contributed by atoms with Crippen molar-refractivity contribution in [1.29, 1.82) is 0 Å². The Balaban J connectivity index is 2.18. The number of nitrogens with zero attached hydrogens (tertiary/aromatic N) is 3. The number of ether oxygens (including phenoxy) is 1. The Bertz CT molecular complexity index is 600. The molecule has 0 N–H and O–H groups in total. The van der Waals surface area contributed by atoms with Crippen molar-refractivity contribution in [2.75, 3.05) is 6.61 Å². The SMILES string of the molecule is CCOC(=O)Cc1cn(-c2ccc(F)cc2Br)nn1. The van der Waals surface area contributed by atoms with Crippen molar-refractivity contribution in [2.24, 2.45) is 0 Å². The molecule has 0 saturated carbocycles. The monoisotopic (exact) mass is 327 g/mol. The summed E-state index contributed by atoms with van der Waals surface area (Å²) in [5.74, 6) is -0.699. The molecule has 0 bridgehead atoms. The van der Waals surface area contributed by atoms with E-state index < -0.39 is 0 Å². The Hall–Kier alpha value is -1.76. The largest absolute Gasteiger partial charge is 0.466 e. The fraction of sp³-hybridized carbons (Fsp3) is 0.250. The van der Waals surface area contributed by atoms with Crippen molar-refractivity contribution in [3.05, 3.63) is 40.4 Å². The van der Waals surface area contributed by atoms with Gasteiger partial charge in [-0.3, -0.25) is 4.79 Å². The van der Waals surface area contributed by atoms with Crippen LogP contribution in [0.2, 0.25) is 0 Å². The molecule has 2 rings (SSSR count). The average Bonchev–Trinajstić information content (AvgIpc) is 2.77. The number of esters is 1. The van der Waals surface area contributed by atoms with Crippen LogP contribution in [0.4, 0.5) is 4.39 Å². The zero-order chi connectivity index (χ0) is 13.8. The van der Waals surface area contributed by atoms with E-state index in [1.165, 1.54) is 16.8 Å². The number of carbonyl (C=O) groups excluding carboxylic acids is 1. The number of hydrogen-bond acceptors (Lipinski definition) is 4. The van der Waals surface area contributed by atoms with Gasteiger partial charge in [-0.2, -0.15) is 0 Å². The van der Waals surface area contributed by atoms with Crippen molar-refractivity contribution in [3.8, 4) is 5.69 Å². The summed E-state index contributed by atoms with van der Waals surface area (Å²) >= 11 is 3.25. The maximum atomic E-state index is 13.0. The second-order valence-corrected chi connectivity index (χ2v) is 4.59. The zero-order valence-corrected chi connectivity index (χ0v) is 11.7. The molecule has 0 spiro atoms. The van der Waals surface area contributed by atoms with Crippen molar-refractivity contribution in [3.63, 3.8) is 0 Å². The van der Waals surface area contributed by atoms with E-state index in [9.17, 15) is 9.18 Å². The Morgan fingerprint density at radius 1 is 1.53 bits per heavy atom. The summed E-state index contributed by atoms with van der Waals surface area (Å²) in [6.45, 7) is 2.07. The predicted molar refractivity (Wildman–Crippen MR) is 69.4 cm³/mol. The van der Waals surface area contributed by atoms with Crippen molar-refractivity contribution < 1.29 is 13.9 Å². The molecule has 19 heavy (non-hydrogen) atoms. The second-order valence-electron chi connectivity index (χ2n) is 3.73. The fourth-order valence-corrected chi connectivity index (χ4v) is 2.06. The highest BCUT2D eigenvalue weighted by molar-refractivity contribution is 9.10. The van der Waals surface area contributed by atoms with Crippen LogP contribution in [0.15, 0.2) is 28.9 Å². The minimum atomic E-state index is -0.354. The number of benzene rings is 1. The van der Waals surface area contributed by atoms with Gasteiger partial charge >= 0.3 is 5.97 Å². The number of aromatic nitrogens is 3. The van der Waals surface area contributed by atoms with Gasteiger partial charge in [0.15, 0.2) is 0 Å². The number of hydrogen-bond donors (Lipinski definition) is 0. The van der Waals surface area contributed by atoms with Crippen LogP contribution < -0.4 is 0 Å². The molecule has 0 aliphatic heterocycles. The van der Waals surface area contributed by atoms with Gasteiger partial charge in [0.2, 0.25) is 0 Å². The van der Waals surface area contributed by atoms with E-state index in [-0.39, 0.29) is 18.2 Å².